The van der Waals surface area contributed by atoms with Gasteiger partial charge >= 0.3 is 0 Å². The first-order valence-electron chi connectivity index (χ1n) is 5.92. The molecule has 0 heterocycles. The van der Waals surface area contributed by atoms with E-state index in [1.54, 1.807) is 19.2 Å². The van der Waals surface area contributed by atoms with Crippen molar-refractivity contribution in [3.8, 4) is 5.75 Å². The van der Waals surface area contributed by atoms with Crippen LogP contribution in [0, 0.1) is 12.7 Å². The van der Waals surface area contributed by atoms with Crippen LogP contribution in [0.5, 0.6) is 5.75 Å². The lowest BCUT2D eigenvalue weighted by Gasteiger charge is -2.12. The maximum atomic E-state index is 13.6. The van der Waals surface area contributed by atoms with E-state index in [1.807, 2.05) is 25.1 Å². The second-order valence-corrected chi connectivity index (χ2v) is 5.21. The van der Waals surface area contributed by atoms with Crippen LogP contribution in [0.15, 0.2) is 40.9 Å². The molecule has 2 rings (SSSR count). The summed E-state index contributed by atoms with van der Waals surface area (Å²) in [5.74, 6) is 0.531. The Labute approximate surface area is 120 Å². The Balaban J connectivity index is 2.18. The van der Waals surface area contributed by atoms with Gasteiger partial charge in [-0.05, 0) is 31.2 Å². The first-order chi connectivity index (χ1) is 9.10. The van der Waals surface area contributed by atoms with Crippen molar-refractivity contribution in [2.75, 3.05) is 12.4 Å². The number of hydrogen-bond acceptors (Lipinski definition) is 2. The standard InChI is InChI=1S/C15H15BrFNO/c1-10-3-6-15(19-2)11(7-10)9-18-14-8-12(16)4-5-13(14)17/h3-8,18H,9H2,1-2H3. The maximum absolute atomic E-state index is 13.6. The van der Waals surface area contributed by atoms with Gasteiger partial charge in [-0.2, -0.15) is 0 Å². The summed E-state index contributed by atoms with van der Waals surface area (Å²) in [5, 5.41) is 3.09. The minimum Gasteiger partial charge on any atom is -0.496 e. The molecule has 0 fully saturated rings. The van der Waals surface area contributed by atoms with Crippen LogP contribution < -0.4 is 10.1 Å². The molecule has 2 aromatic carbocycles. The van der Waals surface area contributed by atoms with E-state index in [-0.39, 0.29) is 5.82 Å². The summed E-state index contributed by atoms with van der Waals surface area (Å²) in [4.78, 5) is 0. The van der Waals surface area contributed by atoms with Gasteiger partial charge in [0.15, 0.2) is 0 Å². The van der Waals surface area contributed by atoms with Crippen molar-refractivity contribution in [1.29, 1.82) is 0 Å². The number of aryl methyl sites for hydroxylation is 1. The smallest absolute Gasteiger partial charge is 0.146 e. The van der Waals surface area contributed by atoms with Crippen molar-refractivity contribution in [1.82, 2.24) is 0 Å². The van der Waals surface area contributed by atoms with Gasteiger partial charge < -0.3 is 10.1 Å². The van der Waals surface area contributed by atoms with Gasteiger partial charge in [-0.25, -0.2) is 4.39 Å². The molecule has 100 valence electrons. The van der Waals surface area contributed by atoms with Crippen molar-refractivity contribution in [2.45, 2.75) is 13.5 Å². The van der Waals surface area contributed by atoms with Gasteiger partial charge in [0.1, 0.15) is 11.6 Å². The predicted molar refractivity (Wildman–Crippen MR) is 79.2 cm³/mol. The lowest BCUT2D eigenvalue weighted by Crippen LogP contribution is -2.03. The molecule has 0 aliphatic carbocycles. The molecule has 0 saturated carbocycles. The third kappa shape index (κ3) is 3.47. The fourth-order valence-corrected chi connectivity index (χ4v) is 2.23. The van der Waals surface area contributed by atoms with Crippen molar-refractivity contribution >= 4 is 21.6 Å². The predicted octanol–water partition coefficient (Wildman–Crippen LogP) is 4.52. The number of benzene rings is 2. The van der Waals surface area contributed by atoms with Crippen LogP contribution in [-0.4, -0.2) is 7.11 Å². The minimum atomic E-state index is -0.269. The number of ether oxygens (including phenoxy) is 1. The van der Waals surface area contributed by atoms with E-state index in [4.69, 9.17) is 4.74 Å². The monoisotopic (exact) mass is 323 g/mol. The second kappa shape index (κ2) is 6.06. The van der Waals surface area contributed by atoms with E-state index in [1.165, 1.54) is 6.07 Å². The Morgan fingerprint density at radius 2 is 2.00 bits per heavy atom. The van der Waals surface area contributed by atoms with Gasteiger partial charge in [0, 0.05) is 16.6 Å². The van der Waals surface area contributed by atoms with E-state index in [9.17, 15) is 4.39 Å². The summed E-state index contributed by atoms with van der Waals surface area (Å²) in [6, 6.07) is 10.8. The Bertz CT molecular complexity index is 586. The van der Waals surface area contributed by atoms with Crippen molar-refractivity contribution in [3.05, 3.63) is 57.8 Å². The fraction of sp³-hybridized carbons (Fsp3) is 0.200. The van der Waals surface area contributed by atoms with Gasteiger partial charge in [0.2, 0.25) is 0 Å². The van der Waals surface area contributed by atoms with Crippen LogP contribution >= 0.6 is 15.9 Å². The van der Waals surface area contributed by atoms with Crippen LogP contribution in [0.1, 0.15) is 11.1 Å². The van der Waals surface area contributed by atoms with Gasteiger partial charge in [0.25, 0.3) is 0 Å². The number of rotatable bonds is 4. The van der Waals surface area contributed by atoms with Crippen LogP contribution in [-0.2, 0) is 6.54 Å². The normalized spacial score (nSPS) is 10.3. The summed E-state index contributed by atoms with van der Waals surface area (Å²) < 4.78 is 19.8. The number of anilines is 1. The summed E-state index contributed by atoms with van der Waals surface area (Å²) >= 11 is 3.33. The molecule has 0 aliphatic rings. The first kappa shape index (κ1) is 13.9. The Hall–Kier alpha value is -1.55. The zero-order valence-electron chi connectivity index (χ0n) is 10.8. The summed E-state index contributed by atoms with van der Waals surface area (Å²) in [6.07, 6.45) is 0. The van der Waals surface area contributed by atoms with Crippen LogP contribution in [0.4, 0.5) is 10.1 Å². The highest BCUT2D eigenvalue weighted by Crippen LogP contribution is 2.24. The zero-order valence-corrected chi connectivity index (χ0v) is 12.4. The molecule has 4 heteroatoms. The molecule has 0 saturated heterocycles. The molecule has 2 aromatic rings. The highest BCUT2D eigenvalue weighted by Gasteiger charge is 2.06. The van der Waals surface area contributed by atoms with Crippen LogP contribution in [0.3, 0.4) is 0 Å². The molecule has 0 aromatic heterocycles. The van der Waals surface area contributed by atoms with Gasteiger partial charge in [-0.1, -0.05) is 33.6 Å². The molecule has 0 unspecified atom stereocenters. The van der Waals surface area contributed by atoms with Crippen molar-refractivity contribution in [2.24, 2.45) is 0 Å². The Morgan fingerprint density at radius 3 is 2.74 bits per heavy atom. The third-order valence-corrected chi connectivity index (χ3v) is 3.33. The van der Waals surface area contributed by atoms with E-state index in [0.717, 1.165) is 21.3 Å². The van der Waals surface area contributed by atoms with Crippen LogP contribution in [0.2, 0.25) is 0 Å². The Morgan fingerprint density at radius 1 is 1.21 bits per heavy atom. The van der Waals surface area contributed by atoms with Gasteiger partial charge in [0.05, 0.1) is 12.8 Å². The Kier molecular flexibility index (Phi) is 4.43. The maximum Gasteiger partial charge on any atom is 0.146 e. The highest BCUT2D eigenvalue weighted by molar-refractivity contribution is 9.10. The van der Waals surface area contributed by atoms with Crippen molar-refractivity contribution < 1.29 is 9.13 Å². The average Bonchev–Trinajstić information content (AvgIpc) is 2.40. The van der Waals surface area contributed by atoms with E-state index < -0.39 is 0 Å². The quantitative estimate of drug-likeness (QED) is 0.893. The molecule has 0 aliphatic heterocycles. The lowest BCUT2D eigenvalue weighted by atomic mass is 10.1. The molecule has 0 atom stereocenters. The molecule has 0 radical (unpaired) electrons. The highest BCUT2D eigenvalue weighted by atomic mass is 79.9. The van der Waals surface area contributed by atoms with Crippen LogP contribution in [0.25, 0.3) is 0 Å². The summed E-state index contributed by atoms with van der Waals surface area (Å²) in [6.45, 7) is 2.53. The second-order valence-electron chi connectivity index (χ2n) is 4.29. The molecular weight excluding hydrogens is 309 g/mol. The fourth-order valence-electron chi connectivity index (χ4n) is 1.87. The number of methoxy groups -OCH3 is 1. The first-order valence-corrected chi connectivity index (χ1v) is 6.72. The van der Waals surface area contributed by atoms with Gasteiger partial charge in [-0.15, -0.1) is 0 Å². The van der Waals surface area contributed by atoms with E-state index >= 15 is 0 Å². The number of hydrogen-bond donors (Lipinski definition) is 1. The zero-order chi connectivity index (χ0) is 13.8. The minimum absolute atomic E-state index is 0.269. The van der Waals surface area contributed by atoms with Gasteiger partial charge in [-0.3, -0.25) is 0 Å². The molecule has 1 N–H and O–H groups in total. The third-order valence-electron chi connectivity index (χ3n) is 2.83. The number of halogens is 2. The molecule has 0 amide bonds. The molecule has 0 bridgehead atoms. The SMILES string of the molecule is COc1ccc(C)cc1CNc1cc(Br)ccc1F. The number of nitrogens with one attached hydrogen (secondary N) is 1. The summed E-state index contributed by atoms with van der Waals surface area (Å²) in [7, 11) is 1.63. The van der Waals surface area contributed by atoms with E-state index in [2.05, 4.69) is 21.2 Å². The van der Waals surface area contributed by atoms with Crippen molar-refractivity contribution in [3.63, 3.8) is 0 Å². The molecule has 0 spiro atoms. The lowest BCUT2D eigenvalue weighted by molar-refractivity contribution is 0.410. The topological polar surface area (TPSA) is 21.3 Å². The largest absolute Gasteiger partial charge is 0.496 e. The average molecular weight is 324 g/mol. The molecule has 19 heavy (non-hydrogen) atoms. The summed E-state index contributed by atoms with van der Waals surface area (Å²) in [5.41, 5.74) is 2.62. The molecule has 2 nitrogen and oxygen atoms in total. The molecular formula is C15H15BrFNO. The van der Waals surface area contributed by atoms with E-state index in [0.29, 0.717) is 12.2 Å².